The van der Waals surface area contributed by atoms with E-state index in [0.29, 0.717) is 31.3 Å². The van der Waals surface area contributed by atoms with Crippen molar-refractivity contribution < 1.29 is 19.8 Å². The summed E-state index contributed by atoms with van der Waals surface area (Å²) in [6.45, 7) is 0. The van der Waals surface area contributed by atoms with Crippen molar-refractivity contribution in [1.82, 2.24) is 0 Å². The predicted molar refractivity (Wildman–Crippen MR) is 89.9 cm³/mol. The Morgan fingerprint density at radius 1 is 0.682 bits per heavy atom. The molecule has 4 nitrogen and oxygen atoms in total. The number of rotatable bonds is 2. The molecule has 0 spiro atoms. The van der Waals surface area contributed by atoms with E-state index >= 15 is 0 Å². The zero-order valence-electron chi connectivity index (χ0n) is 11.1. The highest BCUT2D eigenvalue weighted by atomic mass is 32.1. The molecule has 0 amide bonds. The monoisotopic (exact) mass is 330 g/mol. The van der Waals surface area contributed by atoms with Crippen molar-refractivity contribution >= 4 is 58.7 Å². The van der Waals surface area contributed by atoms with Crippen LogP contribution in [0.4, 0.5) is 0 Å². The van der Waals surface area contributed by atoms with E-state index in [1.165, 1.54) is 12.1 Å². The van der Waals surface area contributed by atoms with E-state index in [0.717, 1.165) is 0 Å². The van der Waals surface area contributed by atoms with Crippen molar-refractivity contribution in [3.8, 4) is 0 Å². The topological polar surface area (TPSA) is 74.6 Å². The molecule has 3 aromatic carbocycles. The molecule has 0 saturated heterocycles. The number of thiol groups is 2. The van der Waals surface area contributed by atoms with Gasteiger partial charge in [-0.25, -0.2) is 9.59 Å². The van der Waals surface area contributed by atoms with E-state index < -0.39 is 11.9 Å². The van der Waals surface area contributed by atoms with E-state index in [1.54, 1.807) is 24.3 Å². The van der Waals surface area contributed by atoms with Crippen LogP contribution in [0.5, 0.6) is 0 Å². The van der Waals surface area contributed by atoms with Gasteiger partial charge in [0.2, 0.25) is 0 Å². The molecule has 0 radical (unpaired) electrons. The van der Waals surface area contributed by atoms with Crippen LogP contribution in [-0.4, -0.2) is 22.2 Å². The van der Waals surface area contributed by atoms with E-state index in [-0.39, 0.29) is 11.1 Å². The number of carboxylic acids is 2. The van der Waals surface area contributed by atoms with Crippen molar-refractivity contribution in [3.05, 3.63) is 47.5 Å². The molecular formula is C16H10O4S2. The minimum absolute atomic E-state index is 0.107. The van der Waals surface area contributed by atoms with Gasteiger partial charge in [-0.15, -0.1) is 25.3 Å². The zero-order valence-corrected chi connectivity index (χ0v) is 12.9. The van der Waals surface area contributed by atoms with Crippen LogP contribution < -0.4 is 0 Å². The molecule has 0 aromatic heterocycles. The van der Waals surface area contributed by atoms with Gasteiger partial charge in [-0.3, -0.25) is 0 Å². The molecule has 6 heteroatoms. The maximum Gasteiger partial charge on any atom is 0.336 e. The summed E-state index contributed by atoms with van der Waals surface area (Å²) in [5.41, 5.74) is 0.214. The third-order valence-corrected chi connectivity index (χ3v) is 4.35. The van der Waals surface area contributed by atoms with Crippen molar-refractivity contribution in [3.63, 3.8) is 0 Å². The second-order valence-corrected chi connectivity index (χ2v) is 5.78. The lowest BCUT2D eigenvalue weighted by atomic mass is 9.97. The molecule has 0 unspecified atom stereocenters. The summed E-state index contributed by atoms with van der Waals surface area (Å²) in [5, 5.41) is 20.8. The first kappa shape index (κ1) is 14.7. The molecule has 0 bridgehead atoms. The normalized spacial score (nSPS) is 11.0. The van der Waals surface area contributed by atoms with E-state index in [1.807, 2.05) is 0 Å². The first-order chi connectivity index (χ1) is 10.4. The number of carbonyl (C=O) groups is 2. The minimum Gasteiger partial charge on any atom is -0.478 e. The van der Waals surface area contributed by atoms with Gasteiger partial charge >= 0.3 is 11.9 Å². The summed E-state index contributed by atoms with van der Waals surface area (Å²) in [7, 11) is 0. The summed E-state index contributed by atoms with van der Waals surface area (Å²) < 4.78 is 0. The van der Waals surface area contributed by atoms with Crippen molar-refractivity contribution in [2.45, 2.75) is 9.79 Å². The van der Waals surface area contributed by atoms with Gasteiger partial charge in [0.15, 0.2) is 0 Å². The Morgan fingerprint density at radius 2 is 1.05 bits per heavy atom. The lowest BCUT2D eigenvalue weighted by molar-refractivity contribution is 0.0688. The van der Waals surface area contributed by atoms with Crippen LogP contribution in [0, 0.1) is 0 Å². The van der Waals surface area contributed by atoms with Gasteiger partial charge in [-0.2, -0.15) is 0 Å². The minimum atomic E-state index is -1.07. The highest BCUT2D eigenvalue weighted by Gasteiger charge is 2.16. The summed E-state index contributed by atoms with van der Waals surface area (Å²) in [6, 6.07) is 9.46. The first-order valence-corrected chi connectivity index (χ1v) is 7.17. The summed E-state index contributed by atoms with van der Waals surface area (Å²) in [4.78, 5) is 24.0. The Morgan fingerprint density at radius 3 is 1.41 bits per heavy atom. The summed E-state index contributed by atoms with van der Waals surface area (Å²) in [5.74, 6) is -2.15. The van der Waals surface area contributed by atoms with Gasteiger partial charge in [0.05, 0.1) is 11.1 Å². The third kappa shape index (κ3) is 2.20. The summed E-state index contributed by atoms with van der Waals surface area (Å²) in [6.07, 6.45) is 0. The number of fused-ring (bicyclic) bond motifs is 2. The number of aromatic carboxylic acids is 2. The van der Waals surface area contributed by atoms with Crippen molar-refractivity contribution in [2.75, 3.05) is 0 Å². The van der Waals surface area contributed by atoms with Crippen LogP contribution in [0.1, 0.15) is 20.7 Å². The van der Waals surface area contributed by atoms with Crippen LogP contribution in [0.2, 0.25) is 0 Å². The SMILES string of the molecule is O=C(O)c1ccc(S)c2cc3c(S)ccc(C(=O)O)c3cc12. The maximum atomic E-state index is 11.4. The Bertz CT molecular complexity index is 888. The molecule has 3 aromatic rings. The highest BCUT2D eigenvalue weighted by Crippen LogP contribution is 2.34. The molecule has 0 aliphatic heterocycles. The quantitative estimate of drug-likeness (QED) is 0.424. The van der Waals surface area contributed by atoms with Crippen LogP contribution >= 0.6 is 25.3 Å². The average Bonchev–Trinajstić information content (AvgIpc) is 2.46. The fraction of sp³-hybridized carbons (Fsp3) is 0. The molecule has 110 valence electrons. The smallest absolute Gasteiger partial charge is 0.336 e. The first-order valence-electron chi connectivity index (χ1n) is 6.28. The molecule has 0 aliphatic rings. The largest absolute Gasteiger partial charge is 0.478 e. The van der Waals surface area contributed by atoms with Gasteiger partial charge < -0.3 is 10.2 Å². The molecule has 22 heavy (non-hydrogen) atoms. The Balaban J connectivity index is 2.57. The van der Waals surface area contributed by atoms with Gasteiger partial charge in [0.1, 0.15) is 0 Å². The number of hydrogen-bond acceptors (Lipinski definition) is 4. The molecular weight excluding hydrogens is 320 g/mol. The zero-order chi connectivity index (χ0) is 16.0. The fourth-order valence-electron chi connectivity index (χ4n) is 2.53. The van der Waals surface area contributed by atoms with Gasteiger partial charge in [0, 0.05) is 9.79 Å². The van der Waals surface area contributed by atoms with Crippen LogP contribution in [0.25, 0.3) is 21.5 Å². The van der Waals surface area contributed by atoms with Gasteiger partial charge in [0.25, 0.3) is 0 Å². The van der Waals surface area contributed by atoms with Crippen LogP contribution in [0.3, 0.4) is 0 Å². The summed E-state index contributed by atoms with van der Waals surface area (Å²) >= 11 is 8.72. The Hall–Kier alpha value is -2.18. The maximum absolute atomic E-state index is 11.4. The molecule has 0 fully saturated rings. The standard InChI is InChI=1S/C16H10O4S2/c17-15(18)7-1-3-13(21)11-6-12-10(5-9(7)11)8(16(19)20)2-4-14(12)22/h1-6,21-22H,(H,17,18)(H,19,20). The molecule has 0 heterocycles. The highest BCUT2D eigenvalue weighted by molar-refractivity contribution is 7.80. The molecule has 0 aliphatic carbocycles. The second kappa shape index (κ2) is 5.23. The third-order valence-electron chi connectivity index (χ3n) is 3.57. The van der Waals surface area contributed by atoms with E-state index in [9.17, 15) is 19.8 Å². The Kier molecular flexibility index (Phi) is 3.50. The van der Waals surface area contributed by atoms with Gasteiger partial charge in [-0.1, -0.05) is 0 Å². The Labute approximate surface area is 136 Å². The second-order valence-electron chi connectivity index (χ2n) is 4.82. The van der Waals surface area contributed by atoms with Crippen molar-refractivity contribution in [2.24, 2.45) is 0 Å². The number of carboxylic acid groups (broad SMARTS) is 2. The lowest BCUT2D eigenvalue weighted by Crippen LogP contribution is -2.00. The van der Waals surface area contributed by atoms with Crippen LogP contribution in [-0.2, 0) is 0 Å². The van der Waals surface area contributed by atoms with E-state index in [2.05, 4.69) is 25.3 Å². The average molecular weight is 330 g/mol. The lowest BCUT2D eigenvalue weighted by Gasteiger charge is -2.11. The van der Waals surface area contributed by atoms with Gasteiger partial charge in [-0.05, 0) is 57.9 Å². The van der Waals surface area contributed by atoms with E-state index in [4.69, 9.17) is 0 Å². The molecule has 0 saturated carbocycles. The molecule has 3 rings (SSSR count). The molecule has 2 N–H and O–H groups in total. The fourth-order valence-corrected chi connectivity index (χ4v) is 3.04. The number of hydrogen-bond donors (Lipinski definition) is 4. The predicted octanol–water partition coefficient (Wildman–Crippen LogP) is 3.97. The number of benzene rings is 3. The molecule has 0 atom stereocenters. The van der Waals surface area contributed by atoms with Crippen LogP contribution in [0.15, 0.2) is 46.2 Å². The van der Waals surface area contributed by atoms with Crippen molar-refractivity contribution in [1.29, 1.82) is 0 Å².